The summed E-state index contributed by atoms with van der Waals surface area (Å²) in [7, 11) is -1.76. The number of carbonyl (C=O) groups excluding carboxylic acids is 1. The highest BCUT2D eigenvalue weighted by Gasteiger charge is 2.22. The lowest BCUT2D eigenvalue weighted by atomic mass is 10.1. The predicted octanol–water partition coefficient (Wildman–Crippen LogP) is 2.87. The molecule has 2 aromatic rings. The van der Waals surface area contributed by atoms with Crippen LogP contribution in [-0.2, 0) is 14.6 Å². The van der Waals surface area contributed by atoms with Crippen LogP contribution in [0.1, 0.15) is 13.8 Å². The van der Waals surface area contributed by atoms with Gasteiger partial charge in [0.2, 0.25) is 5.91 Å². The van der Waals surface area contributed by atoms with Crippen molar-refractivity contribution in [1.29, 1.82) is 0 Å². The van der Waals surface area contributed by atoms with Gasteiger partial charge in [-0.05, 0) is 17.4 Å². The van der Waals surface area contributed by atoms with Crippen LogP contribution in [0, 0.1) is 5.92 Å². The first-order valence-corrected chi connectivity index (χ1v) is 9.07. The Bertz CT molecular complexity index is 776. The van der Waals surface area contributed by atoms with Crippen molar-refractivity contribution in [3.8, 4) is 0 Å². The number of hydrogen-bond donors (Lipinski definition) is 0. The molecule has 4 nitrogen and oxygen atoms in total. The van der Waals surface area contributed by atoms with Crippen molar-refractivity contribution in [1.82, 2.24) is 0 Å². The Labute approximate surface area is 131 Å². The summed E-state index contributed by atoms with van der Waals surface area (Å²) in [6.45, 7) is 3.66. The molecule has 1 amide bonds. The lowest BCUT2D eigenvalue weighted by molar-refractivity contribution is -0.115. The van der Waals surface area contributed by atoms with E-state index >= 15 is 0 Å². The van der Waals surface area contributed by atoms with Gasteiger partial charge < -0.3 is 4.90 Å². The molecule has 0 aliphatic carbocycles. The smallest absolute Gasteiger partial charge is 0.241 e. The van der Waals surface area contributed by atoms with Crippen molar-refractivity contribution >= 4 is 32.2 Å². The van der Waals surface area contributed by atoms with E-state index in [1.54, 1.807) is 7.05 Å². The monoisotopic (exact) mass is 319 g/mol. The maximum absolute atomic E-state index is 12.3. The molecule has 0 aliphatic rings. The van der Waals surface area contributed by atoms with E-state index < -0.39 is 21.5 Å². The summed E-state index contributed by atoms with van der Waals surface area (Å²) in [5, 5.41) is 1.95. The molecule has 5 heteroatoms. The Morgan fingerprint density at radius 3 is 2.41 bits per heavy atom. The minimum atomic E-state index is -3.38. The summed E-state index contributed by atoms with van der Waals surface area (Å²) in [5.74, 6) is -0.815. The molecule has 22 heavy (non-hydrogen) atoms. The lowest BCUT2D eigenvalue weighted by Gasteiger charge is -2.19. The van der Waals surface area contributed by atoms with Crippen LogP contribution in [0.4, 0.5) is 5.69 Å². The molecule has 0 unspecified atom stereocenters. The summed E-state index contributed by atoms with van der Waals surface area (Å²) in [6.07, 6.45) is 0. The number of carbonyl (C=O) groups is 1. The number of benzene rings is 2. The molecule has 0 spiro atoms. The van der Waals surface area contributed by atoms with Gasteiger partial charge in [0.1, 0.15) is 5.75 Å². The van der Waals surface area contributed by atoms with E-state index in [2.05, 4.69) is 0 Å². The van der Waals surface area contributed by atoms with Gasteiger partial charge in [0.25, 0.3) is 0 Å². The van der Waals surface area contributed by atoms with Crippen LogP contribution in [0.15, 0.2) is 42.5 Å². The molecule has 0 saturated carbocycles. The second-order valence-corrected chi connectivity index (χ2v) is 8.01. The number of rotatable bonds is 5. The normalized spacial score (nSPS) is 11.8. The average molecular weight is 319 g/mol. The SMILES string of the molecule is CC(C)CS(=O)(=O)CC(=O)N(C)c1cccc2ccccc12. The molecule has 2 rings (SSSR count). The lowest BCUT2D eigenvalue weighted by Crippen LogP contribution is -2.34. The number of anilines is 1. The van der Waals surface area contributed by atoms with Gasteiger partial charge in [-0.25, -0.2) is 8.42 Å². The van der Waals surface area contributed by atoms with E-state index in [0.717, 1.165) is 16.5 Å². The number of sulfone groups is 1. The molecule has 0 fully saturated rings. The van der Waals surface area contributed by atoms with Crippen molar-refractivity contribution in [2.24, 2.45) is 5.92 Å². The van der Waals surface area contributed by atoms with Gasteiger partial charge in [0.15, 0.2) is 9.84 Å². The first kappa shape index (κ1) is 16.5. The standard InChI is InChI=1S/C17H21NO3S/c1-13(2)11-22(20,21)12-17(19)18(3)16-10-6-8-14-7-4-5-9-15(14)16/h4-10,13H,11-12H2,1-3H3. The van der Waals surface area contributed by atoms with Crippen LogP contribution in [0.25, 0.3) is 10.8 Å². The molecule has 2 aromatic carbocycles. The molecule has 0 bridgehead atoms. The quantitative estimate of drug-likeness (QED) is 0.851. The minimum absolute atomic E-state index is 0.0145. The highest BCUT2D eigenvalue weighted by Crippen LogP contribution is 2.26. The summed E-state index contributed by atoms with van der Waals surface area (Å²) < 4.78 is 24.0. The Balaban J connectivity index is 2.27. The van der Waals surface area contributed by atoms with Gasteiger partial charge in [-0.15, -0.1) is 0 Å². The van der Waals surface area contributed by atoms with Gasteiger partial charge in [-0.3, -0.25) is 4.79 Å². The third kappa shape index (κ3) is 3.85. The fraction of sp³-hybridized carbons (Fsp3) is 0.353. The number of fused-ring (bicyclic) bond motifs is 1. The summed E-state index contributed by atoms with van der Waals surface area (Å²) >= 11 is 0. The molecular formula is C17H21NO3S. The van der Waals surface area contributed by atoms with E-state index in [-0.39, 0.29) is 11.7 Å². The Morgan fingerprint density at radius 1 is 1.09 bits per heavy atom. The minimum Gasteiger partial charge on any atom is -0.314 e. The van der Waals surface area contributed by atoms with Crippen molar-refractivity contribution < 1.29 is 13.2 Å². The zero-order valence-corrected chi connectivity index (χ0v) is 13.9. The summed E-state index contributed by atoms with van der Waals surface area (Å²) in [4.78, 5) is 13.8. The average Bonchev–Trinajstić information content (AvgIpc) is 2.43. The molecule has 0 heterocycles. The largest absolute Gasteiger partial charge is 0.314 e. The van der Waals surface area contributed by atoms with Gasteiger partial charge >= 0.3 is 0 Å². The van der Waals surface area contributed by atoms with Crippen molar-refractivity contribution in [3.63, 3.8) is 0 Å². The van der Waals surface area contributed by atoms with Crippen molar-refractivity contribution in [2.75, 3.05) is 23.5 Å². The highest BCUT2D eigenvalue weighted by atomic mass is 32.2. The van der Waals surface area contributed by atoms with Gasteiger partial charge in [-0.2, -0.15) is 0 Å². The third-order valence-electron chi connectivity index (χ3n) is 3.43. The second-order valence-electron chi connectivity index (χ2n) is 5.90. The fourth-order valence-corrected chi connectivity index (χ4v) is 4.19. The third-order valence-corrected chi connectivity index (χ3v) is 5.29. The molecule has 0 aromatic heterocycles. The van der Waals surface area contributed by atoms with Crippen LogP contribution < -0.4 is 4.90 Å². The molecule has 0 saturated heterocycles. The first-order chi connectivity index (χ1) is 10.3. The maximum atomic E-state index is 12.3. The number of hydrogen-bond acceptors (Lipinski definition) is 3. The summed E-state index contributed by atoms with van der Waals surface area (Å²) in [6, 6.07) is 13.4. The molecule has 118 valence electrons. The Morgan fingerprint density at radius 2 is 1.73 bits per heavy atom. The van der Waals surface area contributed by atoms with E-state index in [1.807, 2.05) is 56.3 Å². The van der Waals surface area contributed by atoms with E-state index in [0.29, 0.717) is 0 Å². The highest BCUT2D eigenvalue weighted by molar-refractivity contribution is 7.92. The van der Waals surface area contributed by atoms with Crippen LogP contribution in [0.2, 0.25) is 0 Å². The zero-order valence-electron chi connectivity index (χ0n) is 13.1. The van der Waals surface area contributed by atoms with E-state index in [9.17, 15) is 13.2 Å². The predicted molar refractivity (Wildman–Crippen MR) is 90.8 cm³/mol. The van der Waals surface area contributed by atoms with Crippen molar-refractivity contribution in [2.45, 2.75) is 13.8 Å². The van der Waals surface area contributed by atoms with Crippen molar-refractivity contribution in [3.05, 3.63) is 42.5 Å². The molecule has 0 atom stereocenters. The Hall–Kier alpha value is -1.88. The van der Waals surface area contributed by atoms with Crippen LogP contribution in [0.3, 0.4) is 0 Å². The van der Waals surface area contributed by atoms with E-state index in [4.69, 9.17) is 0 Å². The maximum Gasteiger partial charge on any atom is 0.241 e. The molecule has 0 radical (unpaired) electrons. The zero-order chi connectivity index (χ0) is 16.3. The van der Waals surface area contributed by atoms with Gasteiger partial charge in [0.05, 0.1) is 11.4 Å². The Kier molecular flexibility index (Phi) is 4.86. The van der Waals surface area contributed by atoms with E-state index in [1.165, 1.54) is 4.90 Å². The molecular weight excluding hydrogens is 298 g/mol. The van der Waals surface area contributed by atoms with Gasteiger partial charge in [0, 0.05) is 12.4 Å². The number of amides is 1. The first-order valence-electron chi connectivity index (χ1n) is 7.25. The topological polar surface area (TPSA) is 54.5 Å². The van der Waals surface area contributed by atoms with Crippen LogP contribution in [-0.4, -0.2) is 32.9 Å². The van der Waals surface area contributed by atoms with Crippen LogP contribution in [0.5, 0.6) is 0 Å². The molecule has 0 aliphatic heterocycles. The fourth-order valence-electron chi connectivity index (χ4n) is 2.49. The molecule has 0 N–H and O–H groups in total. The summed E-state index contributed by atoms with van der Waals surface area (Å²) in [5.41, 5.74) is 0.725. The van der Waals surface area contributed by atoms with Crippen LogP contribution >= 0.6 is 0 Å². The van der Waals surface area contributed by atoms with Gasteiger partial charge in [-0.1, -0.05) is 50.2 Å². The number of nitrogens with zero attached hydrogens (tertiary/aromatic N) is 1. The second kappa shape index (κ2) is 6.48.